The van der Waals surface area contributed by atoms with Gasteiger partial charge in [-0.2, -0.15) is 0 Å². The van der Waals surface area contributed by atoms with Crippen molar-refractivity contribution in [2.75, 3.05) is 0 Å². The van der Waals surface area contributed by atoms with Crippen molar-refractivity contribution in [1.29, 1.82) is 0 Å². The minimum absolute atomic E-state index is 0.164. The van der Waals surface area contributed by atoms with Gasteiger partial charge < -0.3 is 14.1 Å². The van der Waals surface area contributed by atoms with E-state index in [1.807, 2.05) is 57.6 Å². The lowest BCUT2D eigenvalue weighted by Crippen LogP contribution is -2.24. The van der Waals surface area contributed by atoms with Crippen molar-refractivity contribution in [2.45, 2.75) is 25.3 Å². The first-order chi connectivity index (χ1) is 12.3. The molecule has 124 valence electrons. The fourth-order valence-electron chi connectivity index (χ4n) is 3.23. The molecular formula is C19H17N5O. The summed E-state index contributed by atoms with van der Waals surface area (Å²) in [6.07, 6.45) is 8.03. The van der Waals surface area contributed by atoms with Crippen LogP contribution in [0, 0.1) is 0 Å². The first kappa shape index (κ1) is 14.2. The smallest absolute Gasteiger partial charge is 0.272 e. The van der Waals surface area contributed by atoms with Gasteiger partial charge in [0.05, 0.1) is 23.8 Å². The SMILES string of the molecule is O=C(NCc1ncc2ccccn12)c1nc(C2CC2)n2ccccc12. The third kappa shape index (κ3) is 2.38. The van der Waals surface area contributed by atoms with E-state index in [0.717, 1.165) is 35.5 Å². The first-order valence-corrected chi connectivity index (χ1v) is 8.47. The topological polar surface area (TPSA) is 63.7 Å². The van der Waals surface area contributed by atoms with Crippen LogP contribution in [0.5, 0.6) is 0 Å². The summed E-state index contributed by atoms with van der Waals surface area (Å²) in [7, 11) is 0. The molecule has 4 aromatic heterocycles. The molecule has 1 N–H and O–H groups in total. The molecule has 1 amide bonds. The zero-order valence-corrected chi connectivity index (χ0v) is 13.6. The number of hydrogen-bond donors (Lipinski definition) is 1. The maximum absolute atomic E-state index is 12.7. The van der Waals surface area contributed by atoms with Crippen LogP contribution in [0.25, 0.3) is 11.0 Å². The van der Waals surface area contributed by atoms with Crippen LogP contribution >= 0.6 is 0 Å². The van der Waals surface area contributed by atoms with Crippen LogP contribution < -0.4 is 5.32 Å². The number of fused-ring (bicyclic) bond motifs is 2. The standard InChI is InChI=1S/C19H17N5O/c25-19(21-12-16-20-11-14-5-1-3-9-23(14)16)17-15-6-2-4-10-24(15)18(22-17)13-7-8-13/h1-6,9-11,13H,7-8,12H2,(H,21,25). The molecule has 1 saturated carbocycles. The van der Waals surface area contributed by atoms with Gasteiger partial charge in [-0.1, -0.05) is 12.1 Å². The van der Waals surface area contributed by atoms with Crippen LogP contribution in [-0.2, 0) is 6.54 Å². The van der Waals surface area contributed by atoms with E-state index in [1.54, 1.807) is 6.20 Å². The highest BCUT2D eigenvalue weighted by atomic mass is 16.1. The normalized spacial score (nSPS) is 14.2. The van der Waals surface area contributed by atoms with Gasteiger partial charge in [0.15, 0.2) is 5.69 Å². The number of nitrogens with one attached hydrogen (secondary N) is 1. The fraction of sp³-hybridized carbons (Fsp3) is 0.211. The minimum Gasteiger partial charge on any atom is -0.343 e. The van der Waals surface area contributed by atoms with Gasteiger partial charge in [0.25, 0.3) is 5.91 Å². The molecule has 6 heteroatoms. The van der Waals surface area contributed by atoms with Crippen molar-refractivity contribution in [1.82, 2.24) is 24.1 Å². The van der Waals surface area contributed by atoms with Crippen LogP contribution in [-0.4, -0.2) is 24.7 Å². The maximum atomic E-state index is 12.7. The number of rotatable bonds is 4. The van der Waals surface area contributed by atoms with Gasteiger partial charge in [0.1, 0.15) is 11.6 Å². The highest BCUT2D eigenvalue weighted by Crippen LogP contribution is 2.39. The summed E-state index contributed by atoms with van der Waals surface area (Å²) >= 11 is 0. The molecule has 4 heterocycles. The summed E-state index contributed by atoms with van der Waals surface area (Å²) in [5.74, 6) is 2.11. The van der Waals surface area contributed by atoms with E-state index in [1.165, 1.54) is 0 Å². The highest BCUT2D eigenvalue weighted by Gasteiger charge is 2.30. The summed E-state index contributed by atoms with van der Waals surface area (Å²) in [5.41, 5.74) is 2.36. The quantitative estimate of drug-likeness (QED) is 0.625. The minimum atomic E-state index is -0.164. The Morgan fingerprint density at radius 2 is 1.92 bits per heavy atom. The molecule has 25 heavy (non-hydrogen) atoms. The molecule has 0 atom stereocenters. The molecule has 0 unspecified atom stereocenters. The molecule has 1 aliphatic carbocycles. The Morgan fingerprint density at radius 3 is 2.76 bits per heavy atom. The van der Waals surface area contributed by atoms with E-state index in [2.05, 4.69) is 15.3 Å². The van der Waals surface area contributed by atoms with Crippen LogP contribution in [0.2, 0.25) is 0 Å². The van der Waals surface area contributed by atoms with Crippen molar-refractivity contribution in [3.63, 3.8) is 0 Å². The van der Waals surface area contributed by atoms with Crippen molar-refractivity contribution in [3.8, 4) is 0 Å². The van der Waals surface area contributed by atoms with Crippen molar-refractivity contribution < 1.29 is 4.79 Å². The van der Waals surface area contributed by atoms with Gasteiger partial charge in [-0.15, -0.1) is 0 Å². The highest BCUT2D eigenvalue weighted by molar-refractivity contribution is 5.99. The summed E-state index contributed by atoms with van der Waals surface area (Å²) in [5, 5.41) is 2.96. The molecule has 0 saturated heterocycles. The largest absolute Gasteiger partial charge is 0.343 e. The molecular weight excluding hydrogens is 314 g/mol. The summed E-state index contributed by atoms with van der Waals surface area (Å²) < 4.78 is 4.01. The van der Waals surface area contributed by atoms with Crippen molar-refractivity contribution in [2.24, 2.45) is 0 Å². The molecule has 0 aliphatic heterocycles. The summed E-state index contributed by atoms with van der Waals surface area (Å²) in [4.78, 5) is 21.7. The van der Waals surface area contributed by atoms with Gasteiger partial charge in [-0.3, -0.25) is 4.79 Å². The number of aromatic nitrogens is 4. The molecule has 1 aliphatic rings. The number of carbonyl (C=O) groups excluding carboxylic acids is 1. The lowest BCUT2D eigenvalue weighted by Gasteiger charge is -2.03. The Kier molecular flexibility index (Phi) is 3.09. The fourth-order valence-corrected chi connectivity index (χ4v) is 3.23. The second kappa shape index (κ2) is 5.44. The summed E-state index contributed by atoms with van der Waals surface area (Å²) in [6, 6.07) is 11.8. The van der Waals surface area contributed by atoms with E-state index in [-0.39, 0.29) is 5.91 Å². The number of imidazole rings is 2. The molecule has 0 bridgehead atoms. The number of hydrogen-bond acceptors (Lipinski definition) is 3. The predicted molar refractivity (Wildman–Crippen MR) is 93.5 cm³/mol. The number of pyridine rings is 2. The third-order valence-corrected chi connectivity index (χ3v) is 4.66. The number of nitrogens with zero attached hydrogens (tertiary/aromatic N) is 4. The van der Waals surface area contributed by atoms with E-state index in [9.17, 15) is 4.79 Å². The van der Waals surface area contributed by atoms with Crippen molar-refractivity contribution in [3.05, 3.63) is 72.3 Å². The summed E-state index contributed by atoms with van der Waals surface area (Å²) in [6.45, 7) is 0.363. The zero-order valence-electron chi connectivity index (χ0n) is 13.6. The van der Waals surface area contributed by atoms with E-state index in [4.69, 9.17) is 0 Å². The van der Waals surface area contributed by atoms with Crippen LogP contribution in [0.15, 0.2) is 55.0 Å². The molecule has 1 fully saturated rings. The van der Waals surface area contributed by atoms with E-state index in [0.29, 0.717) is 18.2 Å². The third-order valence-electron chi connectivity index (χ3n) is 4.66. The van der Waals surface area contributed by atoms with E-state index >= 15 is 0 Å². The van der Waals surface area contributed by atoms with Gasteiger partial charge in [-0.05, 0) is 37.1 Å². The van der Waals surface area contributed by atoms with Gasteiger partial charge in [0, 0.05) is 18.3 Å². The van der Waals surface area contributed by atoms with Crippen LogP contribution in [0.1, 0.15) is 40.9 Å². The van der Waals surface area contributed by atoms with Crippen molar-refractivity contribution >= 4 is 16.9 Å². The zero-order chi connectivity index (χ0) is 16.8. The number of carbonyl (C=O) groups is 1. The second-order valence-electron chi connectivity index (χ2n) is 6.40. The Morgan fingerprint density at radius 1 is 1.12 bits per heavy atom. The first-order valence-electron chi connectivity index (χ1n) is 8.47. The average molecular weight is 331 g/mol. The van der Waals surface area contributed by atoms with Gasteiger partial charge in [0.2, 0.25) is 0 Å². The Bertz CT molecular complexity index is 1090. The van der Waals surface area contributed by atoms with Crippen LogP contribution in [0.4, 0.5) is 0 Å². The maximum Gasteiger partial charge on any atom is 0.272 e. The molecule has 0 radical (unpaired) electrons. The molecule has 4 aromatic rings. The van der Waals surface area contributed by atoms with E-state index < -0.39 is 0 Å². The predicted octanol–water partition coefficient (Wildman–Crippen LogP) is 2.79. The Labute approximate surface area is 144 Å². The Hall–Kier alpha value is -3.15. The average Bonchev–Trinajstić information content (AvgIpc) is 3.30. The number of amides is 1. The molecule has 6 nitrogen and oxygen atoms in total. The molecule has 0 aromatic carbocycles. The van der Waals surface area contributed by atoms with Crippen LogP contribution in [0.3, 0.4) is 0 Å². The lowest BCUT2D eigenvalue weighted by atomic mass is 10.3. The molecule has 5 rings (SSSR count). The van der Waals surface area contributed by atoms with Gasteiger partial charge in [-0.25, -0.2) is 9.97 Å². The second-order valence-corrected chi connectivity index (χ2v) is 6.40. The molecule has 0 spiro atoms. The van der Waals surface area contributed by atoms with Gasteiger partial charge >= 0.3 is 0 Å². The Balaban J connectivity index is 1.44. The monoisotopic (exact) mass is 331 g/mol. The lowest BCUT2D eigenvalue weighted by molar-refractivity contribution is 0.0947.